The first-order valence-electron chi connectivity index (χ1n) is 5.36. The summed E-state index contributed by atoms with van der Waals surface area (Å²) in [6, 6.07) is 0. The highest BCUT2D eigenvalue weighted by atomic mass is 16.6. The SMILES string of the molecule is NC1(C(=O)OC2CCOC2)CCOCC1. The predicted octanol–water partition coefficient (Wildman–Crippen LogP) is -0.174. The Morgan fingerprint density at radius 1 is 1.27 bits per heavy atom. The molecule has 2 fully saturated rings. The molecule has 1 atom stereocenters. The molecular formula is C10H17NO4. The molecule has 0 aliphatic carbocycles. The van der Waals surface area contributed by atoms with E-state index in [0.717, 1.165) is 6.42 Å². The van der Waals surface area contributed by atoms with Gasteiger partial charge in [-0.1, -0.05) is 0 Å². The number of carbonyl (C=O) groups excluding carboxylic acids is 1. The van der Waals surface area contributed by atoms with Crippen molar-refractivity contribution in [3.63, 3.8) is 0 Å². The van der Waals surface area contributed by atoms with Gasteiger partial charge in [-0.2, -0.15) is 0 Å². The highest BCUT2D eigenvalue weighted by Gasteiger charge is 2.39. The summed E-state index contributed by atoms with van der Waals surface area (Å²) in [7, 11) is 0. The molecule has 5 heteroatoms. The fourth-order valence-corrected chi connectivity index (χ4v) is 1.81. The minimum atomic E-state index is -0.846. The molecule has 2 aliphatic heterocycles. The Kier molecular flexibility index (Phi) is 3.23. The number of ether oxygens (including phenoxy) is 3. The summed E-state index contributed by atoms with van der Waals surface area (Å²) in [6.45, 7) is 2.23. The molecule has 2 N–H and O–H groups in total. The van der Waals surface area contributed by atoms with Crippen LogP contribution in [0.5, 0.6) is 0 Å². The zero-order valence-electron chi connectivity index (χ0n) is 8.74. The minimum absolute atomic E-state index is 0.110. The predicted molar refractivity (Wildman–Crippen MR) is 52.3 cm³/mol. The van der Waals surface area contributed by atoms with E-state index in [1.54, 1.807) is 0 Å². The van der Waals surface area contributed by atoms with Gasteiger partial charge in [-0.25, -0.2) is 0 Å². The Morgan fingerprint density at radius 2 is 2.00 bits per heavy atom. The Morgan fingerprint density at radius 3 is 2.60 bits per heavy atom. The summed E-state index contributed by atoms with van der Waals surface area (Å²) in [6.07, 6.45) is 1.75. The normalized spacial score (nSPS) is 30.1. The van der Waals surface area contributed by atoms with E-state index >= 15 is 0 Å². The summed E-state index contributed by atoms with van der Waals surface area (Å²) in [4.78, 5) is 11.8. The number of hydrogen-bond donors (Lipinski definition) is 1. The van der Waals surface area contributed by atoms with E-state index in [-0.39, 0.29) is 12.1 Å². The maximum atomic E-state index is 11.8. The van der Waals surface area contributed by atoms with Gasteiger partial charge in [0.25, 0.3) is 0 Å². The zero-order chi connectivity index (χ0) is 10.7. The van der Waals surface area contributed by atoms with Gasteiger partial charge < -0.3 is 19.9 Å². The van der Waals surface area contributed by atoms with E-state index in [0.29, 0.717) is 39.3 Å². The third-order valence-electron chi connectivity index (χ3n) is 2.95. The van der Waals surface area contributed by atoms with E-state index < -0.39 is 5.54 Å². The van der Waals surface area contributed by atoms with E-state index in [2.05, 4.69) is 0 Å². The fourth-order valence-electron chi connectivity index (χ4n) is 1.81. The van der Waals surface area contributed by atoms with Crippen LogP contribution in [0.2, 0.25) is 0 Å². The molecule has 0 aromatic heterocycles. The molecule has 2 rings (SSSR count). The first-order valence-corrected chi connectivity index (χ1v) is 5.36. The van der Waals surface area contributed by atoms with Gasteiger partial charge in [-0.3, -0.25) is 4.79 Å². The average molecular weight is 215 g/mol. The molecule has 0 aromatic rings. The van der Waals surface area contributed by atoms with Gasteiger partial charge in [0.05, 0.1) is 13.2 Å². The van der Waals surface area contributed by atoms with E-state index in [9.17, 15) is 4.79 Å². The molecule has 0 aromatic carbocycles. The molecule has 2 heterocycles. The van der Waals surface area contributed by atoms with E-state index in [1.165, 1.54) is 0 Å². The number of hydrogen-bond acceptors (Lipinski definition) is 5. The Labute approximate surface area is 88.9 Å². The lowest BCUT2D eigenvalue weighted by molar-refractivity contribution is -0.159. The average Bonchev–Trinajstić information content (AvgIpc) is 2.71. The Balaban J connectivity index is 1.87. The second kappa shape index (κ2) is 4.47. The van der Waals surface area contributed by atoms with Crippen molar-refractivity contribution in [2.75, 3.05) is 26.4 Å². The van der Waals surface area contributed by atoms with E-state index in [1.807, 2.05) is 0 Å². The van der Waals surface area contributed by atoms with Crippen molar-refractivity contribution in [1.29, 1.82) is 0 Å². The molecule has 2 saturated heterocycles. The standard InChI is InChI=1S/C10H17NO4/c11-10(2-5-13-6-3-10)9(12)15-8-1-4-14-7-8/h8H,1-7,11H2. The lowest BCUT2D eigenvalue weighted by Crippen LogP contribution is -2.53. The second-order valence-corrected chi connectivity index (χ2v) is 4.16. The van der Waals surface area contributed by atoms with Crippen LogP contribution in [0, 0.1) is 0 Å². The molecule has 5 nitrogen and oxygen atoms in total. The Bertz CT molecular complexity index is 232. The highest BCUT2D eigenvalue weighted by Crippen LogP contribution is 2.21. The minimum Gasteiger partial charge on any atom is -0.458 e. The van der Waals surface area contributed by atoms with Gasteiger partial charge in [0.15, 0.2) is 0 Å². The molecule has 0 bridgehead atoms. The van der Waals surface area contributed by atoms with Gasteiger partial charge in [-0.05, 0) is 12.8 Å². The third-order valence-corrected chi connectivity index (χ3v) is 2.95. The highest BCUT2D eigenvalue weighted by molar-refractivity contribution is 5.80. The number of rotatable bonds is 2. The van der Waals surface area contributed by atoms with Crippen molar-refractivity contribution in [3.8, 4) is 0 Å². The first-order chi connectivity index (χ1) is 7.21. The fraction of sp³-hybridized carbons (Fsp3) is 0.900. The third kappa shape index (κ3) is 2.48. The summed E-state index contributed by atoms with van der Waals surface area (Å²) >= 11 is 0. The van der Waals surface area contributed by atoms with Crippen LogP contribution in [0.25, 0.3) is 0 Å². The van der Waals surface area contributed by atoms with Crippen molar-refractivity contribution >= 4 is 5.97 Å². The van der Waals surface area contributed by atoms with Crippen molar-refractivity contribution in [2.45, 2.75) is 30.9 Å². The van der Waals surface area contributed by atoms with Crippen molar-refractivity contribution < 1.29 is 19.0 Å². The monoisotopic (exact) mass is 215 g/mol. The van der Waals surface area contributed by atoms with Crippen LogP contribution in [-0.2, 0) is 19.0 Å². The molecule has 0 radical (unpaired) electrons. The zero-order valence-corrected chi connectivity index (χ0v) is 8.74. The van der Waals surface area contributed by atoms with Crippen molar-refractivity contribution in [3.05, 3.63) is 0 Å². The van der Waals surface area contributed by atoms with Gasteiger partial charge in [-0.15, -0.1) is 0 Å². The topological polar surface area (TPSA) is 70.8 Å². The van der Waals surface area contributed by atoms with Gasteiger partial charge >= 0.3 is 5.97 Å². The Hall–Kier alpha value is -0.650. The number of carbonyl (C=O) groups is 1. The number of nitrogens with two attached hydrogens (primary N) is 1. The van der Waals surface area contributed by atoms with Crippen LogP contribution >= 0.6 is 0 Å². The lowest BCUT2D eigenvalue weighted by atomic mass is 9.91. The molecule has 2 aliphatic rings. The molecule has 1 unspecified atom stereocenters. The second-order valence-electron chi connectivity index (χ2n) is 4.16. The van der Waals surface area contributed by atoms with Gasteiger partial charge in [0.1, 0.15) is 11.6 Å². The quantitative estimate of drug-likeness (QED) is 0.647. The van der Waals surface area contributed by atoms with Crippen molar-refractivity contribution in [1.82, 2.24) is 0 Å². The van der Waals surface area contributed by atoms with Crippen LogP contribution < -0.4 is 5.73 Å². The summed E-state index contributed by atoms with van der Waals surface area (Å²) in [5.41, 5.74) is 5.14. The summed E-state index contributed by atoms with van der Waals surface area (Å²) in [5.74, 6) is -0.304. The molecule has 86 valence electrons. The molecule has 0 spiro atoms. The van der Waals surface area contributed by atoms with E-state index in [4.69, 9.17) is 19.9 Å². The molecule has 0 amide bonds. The van der Waals surface area contributed by atoms with Crippen LogP contribution in [0.1, 0.15) is 19.3 Å². The van der Waals surface area contributed by atoms with Gasteiger partial charge in [0.2, 0.25) is 0 Å². The van der Waals surface area contributed by atoms with Crippen LogP contribution in [0.3, 0.4) is 0 Å². The summed E-state index contributed by atoms with van der Waals surface area (Å²) < 4.78 is 15.6. The van der Waals surface area contributed by atoms with Crippen LogP contribution in [-0.4, -0.2) is 44.0 Å². The maximum Gasteiger partial charge on any atom is 0.326 e. The maximum absolute atomic E-state index is 11.8. The smallest absolute Gasteiger partial charge is 0.326 e. The molecule has 15 heavy (non-hydrogen) atoms. The molecular weight excluding hydrogens is 198 g/mol. The summed E-state index contributed by atoms with van der Waals surface area (Å²) in [5, 5.41) is 0. The number of esters is 1. The lowest BCUT2D eigenvalue weighted by Gasteiger charge is -2.31. The molecule has 0 saturated carbocycles. The van der Waals surface area contributed by atoms with Crippen LogP contribution in [0.4, 0.5) is 0 Å². The van der Waals surface area contributed by atoms with Crippen molar-refractivity contribution in [2.24, 2.45) is 5.73 Å². The largest absolute Gasteiger partial charge is 0.458 e. The van der Waals surface area contributed by atoms with Gasteiger partial charge in [0, 0.05) is 19.6 Å². The first kappa shape index (κ1) is 10.9. The van der Waals surface area contributed by atoms with Crippen LogP contribution in [0.15, 0.2) is 0 Å².